The molecule has 0 aliphatic carbocycles. The number of aliphatic imine (C=N–C) groups is 1. The quantitative estimate of drug-likeness (QED) is 0.474. The zero-order valence-electron chi connectivity index (χ0n) is 8.10. The van der Waals surface area contributed by atoms with E-state index in [9.17, 15) is 4.39 Å². The fourth-order valence-electron chi connectivity index (χ4n) is 0.568. The van der Waals surface area contributed by atoms with E-state index in [1.54, 1.807) is 0 Å². The molecule has 3 heteroatoms. The first-order chi connectivity index (χ1) is 5.49. The summed E-state index contributed by atoms with van der Waals surface area (Å²) in [5, 5.41) is 0. The van der Waals surface area contributed by atoms with Gasteiger partial charge in [-0.05, 0) is 12.8 Å². The van der Waals surface area contributed by atoms with Crippen molar-refractivity contribution in [2.75, 3.05) is 7.11 Å². The Hall–Kier alpha value is -0.860. The molecular formula is C9H16FNO. The van der Waals surface area contributed by atoms with Crippen molar-refractivity contribution in [3.05, 3.63) is 12.4 Å². The predicted octanol–water partition coefficient (Wildman–Crippen LogP) is 2.56. The number of halogens is 1. The zero-order chi connectivity index (χ0) is 9.72. The van der Waals surface area contributed by atoms with E-state index < -0.39 is 5.83 Å². The number of hydrogen-bond acceptors (Lipinski definition) is 2. The predicted molar refractivity (Wildman–Crippen MR) is 49.0 cm³/mol. The summed E-state index contributed by atoms with van der Waals surface area (Å²) in [5.74, 6) is -0.254. The van der Waals surface area contributed by atoms with Gasteiger partial charge in [0, 0.05) is 0 Å². The van der Waals surface area contributed by atoms with Crippen molar-refractivity contribution in [3.8, 4) is 0 Å². The molecule has 70 valence electrons. The van der Waals surface area contributed by atoms with E-state index in [2.05, 4.69) is 11.6 Å². The topological polar surface area (TPSA) is 21.6 Å². The van der Waals surface area contributed by atoms with Crippen LogP contribution in [0.15, 0.2) is 17.4 Å². The summed E-state index contributed by atoms with van der Waals surface area (Å²) in [7, 11) is 1.39. The lowest BCUT2D eigenvalue weighted by Gasteiger charge is -2.11. The molecule has 0 amide bonds. The van der Waals surface area contributed by atoms with Gasteiger partial charge >= 0.3 is 0 Å². The molecule has 0 N–H and O–H groups in total. The number of ether oxygens (including phenoxy) is 1. The lowest BCUT2D eigenvalue weighted by atomic mass is 10.1. The van der Waals surface area contributed by atoms with Gasteiger partial charge < -0.3 is 4.74 Å². The van der Waals surface area contributed by atoms with Crippen molar-refractivity contribution >= 4 is 5.90 Å². The second-order valence-electron chi connectivity index (χ2n) is 3.03. The molecule has 0 rings (SSSR count). The van der Waals surface area contributed by atoms with Crippen LogP contribution in [0.25, 0.3) is 0 Å². The summed E-state index contributed by atoms with van der Waals surface area (Å²) in [6.45, 7) is 9.06. The van der Waals surface area contributed by atoms with E-state index in [0.717, 1.165) is 0 Å². The third-order valence-corrected chi connectivity index (χ3v) is 1.71. The van der Waals surface area contributed by atoms with Crippen molar-refractivity contribution in [2.45, 2.75) is 26.8 Å². The molecule has 0 heterocycles. The Morgan fingerprint density at radius 2 is 1.92 bits per heavy atom. The molecule has 1 atom stereocenters. The van der Waals surface area contributed by atoms with Crippen LogP contribution < -0.4 is 0 Å². The van der Waals surface area contributed by atoms with Crippen molar-refractivity contribution in [1.82, 2.24) is 0 Å². The van der Waals surface area contributed by atoms with Gasteiger partial charge in [0.2, 0.25) is 5.90 Å². The lowest BCUT2D eigenvalue weighted by molar-refractivity contribution is 0.380. The van der Waals surface area contributed by atoms with Crippen LogP contribution in [-0.2, 0) is 4.74 Å². The molecule has 0 aliphatic rings. The monoisotopic (exact) mass is 173 g/mol. The van der Waals surface area contributed by atoms with Gasteiger partial charge in [-0.3, -0.25) is 0 Å². The van der Waals surface area contributed by atoms with Crippen LogP contribution in [-0.4, -0.2) is 19.0 Å². The first-order valence-electron chi connectivity index (χ1n) is 3.95. The molecule has 0 aromatic heterocycles. The van der Waals surface area contributed by atoms with Crippen LogP contribution in [0.1, 0.15) is 20.8 Å². The fraction of sp³-hybridized carbons (Fsp3) is 0.667. The Balaban J connectivity index is 4.38. The van der Waals surface area contributed by atoms with E-state index >= 15 is 0 Å². The Morgan fingerprint density at radius 1 is 1.42 bits per heavy atom. The zero-order valence-corrected chi connectivity index (χ0v) is 8.10. The van der Waals surface area contributed by atoms with Gasteiger partial charge in [-0.2, -0.15) is 0 Å². The standard InChI is InChI=1S/C9H16FNO/c1-6(2)8(4)11-9(12-5)7(3)10/h6,8H,3H2,1-2,4-5H3. The molecule has 0 spiro atoms. The van der Waals surface area contributed by atoms with E-state index in [0.29, 0.717) is 5.92 Å². The van der Waals surface area contributed by atoms with E-state index in [1.807, 2.05) is 20.8 Å². The summed E-state index contributed by atoms with van der Waals surface area (Å²) < 4.78 is 17.2. The summed E-state index contributed by atoms with van der Waals surface area (Å²) in [5.41, 5.74) is 0. The van der Waals surface area contributed by atoms with Gasteiger partial charge in [0.25, 0.3) is 0 Å². The Morgan fingerprint density at radius 3 is 2.17 bits per heavy atom. The van der Waals surface area contributed by atoms with Crippen LogP contribution in [0.2, 0.25) is 0 Å². The molecular weight excluding hydrogens is 157 g/mol. The van der Waals surface area contributed by atoms with E-state index in [1.165, 1.54) is 7.11 Å². The summed E-state index contributed by atoms with van der Waals surface area (Å²) in [6, 6.07) is 0.0486. The molecule has 0 saturated carbocycles. The minimum Gasteiger partial charge on any atom is -0.479 e. The molecule has 0 fully saturated rings. The van der Waals surface area contributed by atoms with Gasteiger partial charge in [0.15, 0.2) is 5.83 Å². The van der Waals surface area contributed by atoms with Crippen LogP contribution in [0, 0.1) is 5.92 Å². The number of rotatable bonds is 3. The van der Waals surface area contributed by atoms with Gasteiger partial charge in [0.05, 0.1) is 13.2 Å². The highest BCUT2D eigenvalue weighted by Gasteiger charge is 2.09. The second kappa shape index (κ2) is 4.91. The average molecular weight is 173 g/mol. The summed E-state index contributed by atoms with van der Waals surface area (Å²) in [4.78, 5) is 4.01. The van der Waals surface area contributed by atoms with Crippen LogP contribution in [0.4, 0.5) is 4.39 Å². The molecule has 1 unspecified atom stereocenters. The molecule has 0 aliphatic heterocycles. The molecule has 12 heavy (non-hydrogen) atoms. The van der Waals surface area contributed by atoms with Crippen LogP contribution in [0.3, 0.4) is 0 Å². The fourth-order valence-corrected chi connectivity index (χ4v) is 0.568. The summed E-state index contributed by atoms with van der Waals surface area (Å²) >= 11 is 0. The number of methoxy groups -OCH3 is 1. The minimum atomic E-state index is -0.620. The molecule has 0 bridgehead atoms. The Labute approximate surface area is 73.1 Å². The van der Waals surface area contributed by atoms with Crippen molar-refractivity contribution in [3.63, 3.8) is 0 Å². The normalized spacial score (nSPS) is 14.7. The molecule has 0 saturated heterocycles. The minimum absolute atomic E-state index is 0.00352. The maximum absolute atomic E-state index is 12.5. The Kier molecular flexibility index (Phi) is 4.55. The average Bonchev–Trinajstić information content (AvgIpc) is 1.98. The third kappa shape index (κ3) is 3.51. The second-order valence-corrected chi connectivity index (χ2v) is 3.03. The maximum Gasteiger partial charge on any atom is 0.245 e. The van der Waals surface area contributed by atoms with Gasteiger partial charge in [0.1, 0.15) is 0 Å². The van der Waals surface area contributed by atoms with Gasteiger partial charge in [-0.25, -0.2) is 9.38 Å². The third-order valence-electron chi connectivity index (χ3n) is 1.71. The van der Waals surface area contributed by atoms with E-state index in [-0.39, 0.29) is 11.9 Å². The van der Waals surface area contributed by atoms with Gasteiger partial charge in [-0.1, -0.05) is 20.4 Å². The highest BCUT2D eigenvalue weighted by molar-refractivity contribution is 5.90. The number of hydrogen-bond donors (Lipinski definition) is 0. The van der Waals surface area contributed by atoms with Crippen molar-refractivity contribution in [2.24, 2.45) is 10.9 Å². The largest absolute Gasteiger partial charge is 0.479 e. The highest BCUT2D eigenvalue weighted by atomic mass is 19.1. The molecule has 0 radical (unpaired) electrons. The van der Waals surface area contributed by atoms with Crippen LogP contribution in [0.5, 0.6) is 0 Å². The van der Waals surface area contributed by atoms with Crippen molar-refractivity contribution in [1.29, 1.82) is 0 Å². The summed E-state index contributed by atoms with van der Waals surface area (Å²) in [6.07, 6.45) is 0. The maximum atomic E-state index is 12.5. The Bertz CT molecular complexity index is 187. The molecule has 0 aromatic rings. The lowest BCUT2D eigenvalue weighted by Crippen LogP contribution is -2.13. The molecule has 0 aromatic carbocycles. The SMILES string of the molecule is C=C(F)C(=NC(C)C(C)C)OC. The smallest absolute Gasteiger partial charge is 0.245 e. The first kappa shape index (κ1) is 11.1. The number of nitrogens with zero attached hydrogens (tertiary/aromatic N) is 1. The highest BCUT2D eigenvalue weighted by Crippen LogP contribution is 2.08. The van der Waals surface area contributed by atoms with Crippen LogP contribution >= 0.6 is 0 Å². The van der Waals surface area contributed by atoms with E-state index in [4.69, 9.17) is 4.74 Å². The van der Waals surface area contributed by atoms with Gasteiger partial charge in [-0.15, -0.1) is 0 Å². The van der Waals surface area contributed by atoms with Crippen molar-refractivity contribution < 1.29 is 9.13 Å². The molecule has 2 nitrogen and oxygen atoms in total. The first-order valence-corrected chi connectivity index (χ1v) is 3.95.